The molecule has 5 nitrogen and oxygen atoms in total. The van der Waals surface area contributed by atoms with Crippen molar-refractivity contribution in [3.63, 3.8) is 0 Å². The van der Waals surface area contributed by atoms with E-state index < -0.39 is 6.10 Å². The number of benzene rings is 2. The van der Waals surface area contributed by atoms with Crippen molar-refractivity contribution in [2.75, 3.05) is 18.0 Å². The molecule has 2 amide bonds. The van der Waals surface area contributed by atoms with Gasteiger partial charge >= 0.3 is 0 Å². The van der Waals surface area contributed by atoms with E-state index in [1.165, 1.54) is 5.56 Å². The fourth-order valence-electron chi connectivity index (χ4n) is 3.35. The van der Waals surface area contributed by atoms with Crippen LogP contribution in [-0.2, 0) is 9.59 Å². The summed E-state index contributed by atoms with van der Waals surface area (Å²) in [5.74, 6) is 0.812. The molecule has 0 saturated carbocycles. The molecule has 0 spiro atoms. The molecule has 5 heteroatoms. The Morgan fingerprint density at radius 2 is 1.85 bits per heavy atom. The first-order chi connectivity index (χ1) is 13.1. The van der Waals surface area contributed by atoms with Crippen LogP contribution in [0.5, 0.6) is 5.75 Å². The number of carbonyl (C=O) groups is 2. The maximum atomic E-state index is 12.5. The molecule has 1 N–H and O–H groups in total. The topological polar surface area (TPSA) is 58.6 Å². The van der Waals surface area contributed by atoms with Crippen molar-refractivity contribution in [3.05, 3.63) is 60.2 Å². The summed E-state index contributed by atoms with van der Waals surface area (Å²) in [5.41, 5.74) is 1.95. The first-order valence-corrected chi connectivity index (χ1v) is 9.48. The van der Waals surface area contributed by atoms with Gasteiger partial charge in [-0.05, 0) is 31.0 Å². The van der Waals surface area contributed by atoms with E-state index in [4.69, 9.17) is 4.74 Å². The fourth-order valence-corrected chi connectivity index (χ4v) is 3.35. The van der Waals surface area contributed by atoms with Crippen molar-refractivity contribution in [3.8, 4) is 5.75 Å². The van der Waals surface area contributed by atoms with Gasteiger partial charge in [0, 0.05) is 25.4 Å². The minimum Gasteiger partial charge on any atom is -0.479 e. The number of rotatable bonds is 7. The van der Waals surface area contributed by atoms with Crippen LogP contribution in [0.25, 0.3) is 0 Å². The minimum absolute atomic E-state index is 0.0474. The number of amides is 2. The van der Waals surface area contributed by atoms with Gasteiger partial charge in [0.05, 0.1) is 5.69 Å². The van der Waals surface area contributed by atoms with Gasteiger partial charge in [0.15, 0.2) is 6.10 Å². The summed E-state index contributed by atoms with van der Waals surface area (Å²) in [7, 11) is 0. The van der Waals surface area contributed by atoms with Crippen molar-refractivity contribution in [1.29, 1.82) is 0 Å². The number of carbonyl (C=O) groups excluding carboxylic acids is 2. The van der Waals surface area contributed by atoms with E-state index >= 15 is 0 Å². The third kappa shape index (κ3) is 4.48. The predicted octanol–water partition coefficient (Wildman–Crippen LogP) is 3.50. The summed E-state index contributed by atoms with van der Waals surface area (Å²) in [6.45, 7) is 4.80. The number of hydrogen-bond donors (Lipinski definition) is 1. The van der Waals surface area contributed by atoms with Crippen LogP contribution in [0.1, 0.15) is 38.2 Å². The second-order valence-corrected chi connectivity index (χ2v) is 6.79. The molecule has 0 aromatic heterocycles. The number of nitrogens with one attached hydrogen (secondary N) is 1. The van der Waals surface area contributed by atoms with Crippen LogP contribution < -0.4 is 15.0 Å². The summed E-state index contributed by atoms with van der Waals surface area (Å²) in [6, 6.07) is 17.6. The summed E-state index contributed by atoms with van der Waals surface area (Å²) < 4.78 is 5.63. The van der Waals surface area contributed by atoms with E-state index in [0.29, 0.717) is 24.8 Å². The average molecular weight is 366 g/mol. The Bertz CT molecular complexity index is 791. The van der Waals surface area contributed by atoms with E-state index in [1.54, 1.807) is 11.8 Å². The fraction of sp³-hybridized carbons (Fsp3) is 0.364. The number of anilines is 1. The van der Waals surface area contributed by atoms with E-state index in [0.717, 1.165) is 12.1 Å². The van der Waals surface area contributed by atoms with Gasteiger partial charge in [0.25, 0.3) is 5.91 Å². The molecule has 0 fully saturated rings. The third-order valence-corrected chi connectivity index (χ3v) is 4.95. The maximum absolute atomic E-state index is 12.5. The molecule has 142 valence electrons. The van der Waals surface area contributed by atoms with Crippen LogP contribution >= 0.6 is 0 Å². The monoisotopic (exact) mass is 366 g/mol. The van der Waals surface area contributed by atoms with Gasteiger partial charge in [-0.3, -0.25) is 9.59 Å². The van der Waals surface area contributed by atoms with Crippen LogP contribution in [0.15, 0.2) is 54.6 Å². The lowest BCUT2D eigenvalue weighted by atomic mass is 9.96. The number of fused-ring (bicyclic) bond motifs is 1. The van der Waals surface area contributed by atoms with Crippen molar-refractivity contribution < 1.29 is 14.3 Å². The van der Waals surface area contributed by atoms with Gasteiger partial charge in [-0.25, -0.2) is 0 Å². The lowest BCUT2D eigenvalue weighted by molar-refractivity contribution is -0.125. The smallest absolute Gasteiger partial charge is 0.267 e. The third-order valence-electron chi connectivity index (χ3n) is 4.95. The van der Waals surface area contributed by atoms with Crippen LogP contribution in [-0.4, -0.2) is 31.0 Å². The molecule has 2 aromatic carbocycles. The minimum atomic E-state index is -0.537. The molecule has 0 bridgehead atoms. The summed E-state index contributed by atoms with van der Waals surface area (Å²) in [4.78, 5) is 26.5. The maximum Gasteiger partial charge on any atom is 0.267 e. The molecule has 0 saturated heterocycles. The molecule has 2 atom stereocenters. The van der Waals surface area contributed by atoms with E-state index in [-0.39, 0.29) is 18.2 Å². The number of ether oxygens (including phenoxy) is 1. The van der Waals surface area contributed by atoms with Crippen LogP contribution in [0.2, 0.25) is 0 Å². The van der Waals surface area contributed by atoms with Gasteiger partial charge in [-0.1, -0.05) is 49.4 Å². The zero-order valence-corrected chi connectivity index (χ0v) is 15.9. The van der Waals surface area contributed by atoms with Crippen molar-refractivity contribution in [1.82, 2.24) is 5.32 Å². The standard InChI is InChI=1S/C22H26N2O3/c1-3-17(18-9-5-4-6-10-18)15-23-21(25)13-14-24-19-11-7-8-12-20(19)27-16(2)22(24)26/h4-12,16-17H,3,13-15H2,1-2H3,(H,23,25)/t16-,17+/m0/s1. The highest BCUT2D eigenvalue weighted by Gasteiger charge is 2.31. The number of para-hydroxylation sites is 2. The molecule has 3 rings (SSSR count). The average Bonchev–Trinajstić information content (AvgIpc) is 2.69. The lowest BCUT2D eigenvalue weighted by Crippen LogP contribution is -2.45. The SMILES string of the molecule is CC[C@H](CNC(=O)CCN1C(=O)[C@H](C)Oc2ccccc21)c1ccccc1. The quantitative estimate of drug-likeness (QED) is 0.816. The molecule has 27 heavy (non-hydrogen) atoms. The molecule has 2 aromatic rings. The van der Waals surface area contributed by atoms with Gasteiger partial charge in [-0.2, -0.15) is 0 Å². The van der Waals surface area contributed by atoms with Gasteiger partial charge in [0.1, 0.15) is 5.75 Å². The molecule has 0 radical (unpaired) electrons. The highest BCUT2D eigenvalue weighted by Crippen LogP contribution is 2.33. The summed E-state index contributed by atoms with van der Waals surface area (Å²) in [6.07, 6.45) is 0.681. The van der Waals surface area contributed by atoms with Crippen LogP contribution in [0, 0.1) is 0 Å². The number of hydrogen-bond acceptors (Lipinski definition) is 3. The Morgan fingerprint density at radius 3 is 2.59 bits per heavy atom. The normalized spacial score (nSPS) is 17.0. The molecule has 1 aliphatic heterocycles. The Balaban J connectivity index is 1.57. The Labute approximate surface area is 160 Å². The Hall–Kier alpha value is -2.82. The second kappa shape index (κ2) is 8.71. The Kier molecular flexibility index (Phi) is 6.12. The van der Waals surface area contributed by atoms with E-state index in [9.17, 15) is 9.59 Å². The predicted molar refractivity (Wildman–Crippen MR) is 106 cm³/mol. The van der Waals surface area contributed by atoms with E-state index in [2.05, 4.69) is 24.4 Å². The molecule has 1 heterocycles. The molecule has 0 unspecified atom stereocenters. The van der Waals surface area contributed by atoms with Crippen molar-refractivity contribution >= 4 is 17.5 Å². The number of nitrogens with zero attached hydrogens (tertiary/aromatic N) is 1. The van der Waals surface area contributed by atoms with Crippen LogP contribution in [0.3, 0.4) is 0 Å². The van der Waals surface area contributed by atoms with Crippen molar-refractivity contribution in [2.24, 2.45) is 0 Å². The van der Waals surface area contributed by atoms with Gasteiger partial charge < -0.3 is 15.0 Å². The molecule has 0 aliphatic carbocycles. The van der Waals surface area contributed by atoms with E-state index in [1.807, 2.05) is 42.5 Å². The van der Waals surface area contributed by atoms with Gasteiger partial charge in [-0.15, -0.1) is 0 Å². The first kappa shape index (κ1) is 19.0. The molecular formula is C22H26N2O3. The Morgan fingerprint density at radius 1 is 1.15 bits per heavy atom. The van der Waals surface area contributed by atoms with Crippen molar-refractivity contribution in [2.45, 2.75) is 38.7 Å². The first-order valence-electron chi connectivity index (χ1n) is 9.48. The highest BCUT2D eigenvalue weighted by atomic mass is 16.5. The zero-order valence-electron chi connectivity index (χ0n) is 15.9. The lowest BCUT2D eigenvalue weighted by Gasteiger charge is -2.32. The van der Waals surface area contributed by atoms with Crippen LogP contribution in [0.4, 0.5) is 5.69 Å². The highest BCUT2D eigenvalue weighted by molar-refractivity contribution is 6.00. The summed E-state index contributed by atoms with van der Waals surface area (Å²) >= 11 is 0. The molecular weight excluding hydrogens is 340 g/mol. The zero-order chi connectivity index (χ0) is 19.2. The summed E-state index contributed by atoms with van der Waals surface area (Å²) in [5, 5.41) is 3.01. The largest absolute Gasteiger partial charge is 0.479 e. The molecule has 1 aliphatic rings. The van der Waals surface area contributed by atoms with Gasteiger partial charge in [0.2, 0.25) is 5.91 Å². The second-order valence-electron chi connectivity index (χ2n) is 6.79.